The quantitative estimate of drug-likeness (QED) is 0.684. The molecule has 0 radical (unpaired) electrons. The van der Waals surface area contributed by atoms with Crippen LogP contribution in [0, 0.1) is 0 Å². The van der Waals surface area contributed by atoms with Gasteiger partial charge < -0.3 is 20.1 Å². The van der Waals surface area contributed by atoms with E-state index in [1.807, 2.05) is 0 Å². The normalized spacial score (nSPS) is 18.3. The summed E-state index contributed by atoms with van der Waals surface area (Å²) in [4.78, 5) is 23.6. The summed E-state index contributed by atoms with van der Waals surface area (Å²) in [5.74, 6) is -3.15. The Morgan fingerprint density at radius 1 is 1.33 bits per heavy atom. The summed E-state index contributed by atoms with van der Waals surface area (Å²) >= 11 is 0. The summed E-state index contributed by atoms with van der Waals surface area (Å²) in [7, 11) is 0. The van der Waals surface area contributed by atoms with Gasteiger partial charge in [-0.15, -0.1) is 0 Å². The second-order valence-electron chi connectivity index (χ2n) is 3.57. The first-order valence-corrected chi connectivity index (χ1v) is 5.20. The van der Waals surface area contributed by atoms with E-state index in [0.717, 1.165) is 0 Å². The molecule has 1 unspecified atom stereocenters. The van der Waals surface area contributed by atoms with Crippen LogP contribution in [0.5, 0.6) is 0 Å². The lowest BCUT2D eigenvalue weighted by Crippen LogP contribution is -2.50. The number of halogens is 3. The van der Waals surface area contributed by atoms with Crippen molar-refractivity contribution in [3.8, 4) is 0 Å². The van der Waals surface area contributed by atoms with Crippen LogP contribution in [0.3, 0.4) is 0 Å². The lowest BCUT2D eigenvalue weighted by Gasteiger charge is -2.29. The molecule has 0 aromatic carbocycles. The molecule has 1 rings (SSSR count). The van der Waals surface area contributed by atoms with Crippen molar-refractivity contribution in [2.24, 2.45) is 5.73 Å². The molecule has 1 aliphatic rings. The first kappa shape index (κ1) is 14.7. The number of carbonyl (C=O) groups is 2. The van der Waals surface area contributed by atoms with Crippen LogP contribution in [0.1, 0.15) is 0 Å². The number of carbonyl (C=O) groups excluding carboxylic acids is 2. The van der Waals surface area contributed by atoms with E-state index in [9.17, 15) is 22.8 Å². The Morgan fingerprint density at radius 2 is 1.89 bits per heavy atom. The highest BCUT2D eigenvalue weighted by molar-refractivity contribution is 5.85. The Labute approximate surface area is 101 Å². The zero-order valence-electron chi connectivity index (χ0n) is 9.40. The number of alkyl halides is 3. The zero-order chi connectivity index (χ0) is 13.8. The first-order valence-electron chi connectivity index (χ1n) is 5.20. The predicted molar refractivity (Wildman–Crippen MR) is 52.4 cm³/mol. The van der Waals surface area contributed by atoms with Crippen LogP contribution in [0.4, 0.5) is 13.2 Å². The molecule has 0 aromatic rings. The minimum absolute atomic E-state index is 0.235. The van der Waals surface area contributed by atoms with Crippen LogP contribution in [-0.2, 0) is 19.1 Å². The van der Waals surface area contributed by atoms with E-state index in [2.05, 4.69) is 4.74 Å². The Kier molecular flexibility index (Phi) is 4.91. The van der Waals surface area contributed by atoms with Crippen LogP contribution in [0.15, 0.2) is 0 Å². The monoisotopic (exact) mass is 270 g/mol. The van der Waals surface area contributed by atoms with Gasteiger partial charge in [0.25, 0.3) is 5.91 Å². The van der Waals surface area contributed by atoms with Crippen LogP contribution < -0.4 is 5.73 Å². The van der Waals surface area contributed by atoms with Crippen LogP contribution in [0.25, 0.3) is 0 Å². The van der Waals surface area contributed by atoms with Crippen LogP contribution >= 0.6 is 0 Å². The van der Waals surface area contributed by atoms with Gasteiger partial charge in [-0.1, -0.05) is 0 Å². The van der Waals surface area contributed by atoms with Crippen LogP contribution in [-0.4, -0.2) is 61.9 Å². The van der Waals surface area contributed by atoms with E-state index in [0.29, 0.717) is 0 Å². The minimum atomic E-state index is -5.14. The molecule has 2 N–H and O–H groups in total. The molecule has 6 nitrogen and oxygen atoms in total. The third-order valence-electron chi connectivity index (χ3n) is 2.29. The minimum Gasteiger partial charge on any atom is -0.444 e. The molecule has 1 heterocycles. The molecule has 1 amide bonds. The summed E-state index contributed by atoms with van der Waals surface area (Å²) < 4.78 is 45.0. The number of amides is 1. The standard InChI is InChI=1S/C9H13F3N2O4/c10-9(11,12)8(16)18-6(5-13)7(15)14-1-3-17-4-2-14/h6H,1-5,13H2. The molecule has 9 heteroatoms. The van der Waals surface area contributed by atoms with Gasteiger partial charge in [0.05, 0.1) is 13.2 Å². The maximum atomic E-state index is 12.0. The van der Waals surface area contributed by atoms with Gasteiger partial charge in [0, 0.05) is 19.6 Å². The van der Waals surface area contributed by atoms with Gasteiger partial charge in [-0.25, -0.2) is 4.79 Å². The fraction of sp³-hybridized carbons (Fsp3) is 0.778. The molecule has 0 spiro atoms. The molecule has 0 bridgehead atoms. The van der Waals surface area contributed by atoms with E-state index < -0.39 is 30.7 Å². The van der Waals surface area contributed by atoms with Gasteiger partial charge in [-0.2, -0.15) is 13.2 Å². The van der Waals surface area contributed by atoms with Crippen molar-refractivity contribution in [3.05, 3.63) is 0 Å². The number of ether oxygens (including phenoxy) is 2. The SMILES string of the molecule is NCC(OC(=O)C(F)(F)F)C(=O)N1CCOCC1. The number of hydrogen-bond donors (Lipinski definition) is 1. The summed E-state index contributed by atoms with van der Waals surface area (Å²) in [6, 6.07) is 0. The largest absolute Gasteiger partial charge is 0.490 e. The number of nitrogens with two attached hydrogens (primary N) is 1. The first-order chi connectivity index (χ1) is 8.36. The Hall–Kier alpha value is -1.35. The molecule has 18 heavy (non-hydrogen) atoms. The van der Waals surface area contributed by atoms with Gasteiger partial charge in [-0.05, 0) is 0 Å². The molecular weight excluding hydrogens is 257 g/mol. The van der Waals surface area contributed by atoms with E-state index >= 15 is 0 Å². The van der Waals surface area contributed by atoms with Crippen molar-refractivity contribution < 1.29 is 32.2 Å². The lowest BCUT2D eigenvalue weighted by molar-refractivity contribution is -0.206. The number of esters is 1. The second kappa shape index (κ2) is 6.01. The number of nitrogens with zero attached hydrogens (tertiary/aromatic N) is 1. The maximum absolute atomic E-state index is 12.0. The molecule has 0 saturated carbocycles. The molecular formula is C9H13F3N2O4. The van der Waals surface area contributed by atoms with E-state index in [4.69, 9.17) is 10.5 Å². The Balaban J connectivity index is 2.59. The molecule has 1 fully saturated rings. The number of morpholine rings is 1. The van der Waals surface area contributed by atoms with Crippen LogP contribution in [0.2, 0.25) is 0 Å². The van der Waals surface area contributed by atoms with Gasteiger partial charge in [-0.3, -0.25) is 4.79 Å². The molecule has 1 atom stereocenters. The van der Waals surface area contributed by atoms with Gasteiger partial charge in [0.1, 0.15) is 0 Å². The Morgan fingerprint density at radius 3 is 2.33 bits per heavy atom. The molecule has 104 valence electrons. The van der Waals surface area contributed by atoms with Crippen molar-refractivity contribution in [1.82, 2.24) is 4.90 Å². The highest BCUT2D eigenvalue weighted by Crippen LogP contribution is 2.18. The fourth-order valence-electron chi connectivity index (χ4n) is 1.38. The molecule has 0 aromatic heterocycles. The number of hydrogen-bond acceptors (Lipinski definition) is 5. The third-order valence-corrected chi connectivity index (χ3v) is 2.29. The Bertz CT molecular complexity index is 315. The van der Waals surface area contributed by atoms with Gasteiger partial charge >= 0.3 is 12.1 Å². The molecule has 1 saturated heterocycles. The third kappa shape index (κ3) is 3.84. The lowest BCUT2D eigenvalue weighted by atomic mass is 10.3. The maximum Gasteiger partial charge on any atom is 0.490 e. The average molecular weight is 270 g/mol. The van der Waals surface area contributed by atoms with Crippen molar-refractivity contribution in [1.29, 1.82) is 0 Å². The molecule has 0 aliphatic carbocycles. The summed E-state index contributed by atoms with van der Waals surface area (Å²) in [6.45, 7) is 0.544. The predicted octanol–water partition coefficient (Wildman–Crippen LogP) is -0.722. The smallest absolute Gasteiger partial charge is 0.444 e. The van der Waals surface area contributed by atoms with E-state index in [1.165, 1.54) is 4.90 Å². The topological polar surface area (TPSA) is 81.9 Å². The summed E-state index contributed by atoms with van der Waals surface area (Å²) in [5, 5.41) is 0. The van der Waals surface area contributed by atoms with Crippen molar-refractivity contribution >= 4 is 11.9 Å². The zero-order valence-corrected chi connectivity index (χ0v) is 9.40. The van der Waals surface area contributed by atoms with Crippen molar-refractivity contribution in [2.45, 2.75) is 12.3 Å². The summed E-state index contributed by atoms with van der Waals surface area (Å²) in [5.41, 5.74) is 5.15. The molecule has 1 aliphatic heterocycles. The number of rotatable bonds is 3. The van der Waals surface area contributed by atoms with Gasteiger partial charge in [0.15, 0.2) is 6.10 Å². The van der Waals surface area contributed by atoms with E-state index in [1.54, 1.807) is 0 Å². The fourth-order valence-corrected chi connectivity index (χ4v) is 1.38. The highest BCUT2D eigenvalue weighted by atomic mass is 19.4. The highest BCUT2D eigenvalue weighted by Gasteiger charge is 2.43. The van der Waals surface area contributed by atoms with Crippen molar-refractivity contribution in [2.75, 3.05) is 32.8 Å². The van der Waals surface area contributed by atoms with E-state index in [-0.39, 0.29) is 26.3 Å². The second-order valence-corrected chi connectivity index (χ2v) is 3.57. The van der Waals surface area contributed by atoms with Crippen molar-refractivity contribution in [3.63, 3.8) is 0 Å². The van der Waals surface area contributed by atoms with Gasteiger partial charge in [0.2, 0.25) is 0 Å². The summed E-state index contributed by atoms with van der Waals surface area (Å²) in [6.07, 6.45) is -6.75. The average Bonchev–Trinajstić information content (AvgIpc) is 2.34.